The van der Waals surface area contributed by atoms with Crippen LogP contribution >= 0.6 is 11.3 Å². The van der Waals surface area contributed by atoms with Gasteiger partial charge < -0.3 is 19.7 Å². The second kappa shape index (κ2) is 14.1. The molecule has 3 aromatic rings. The fourth-order valence-corrected chi connectivity index (χ4v) is 9.85. The van der Waals surface area contributed by atoms with Crippen LogP contribution in [0.3, 0.4) is 0 Å². The number of amides is 3. The van der Waals surface area contributed by atoms with Crippen molar-refractivity contribution in [2.24, 2.45) is 17.8 Å². The van der Waals surface area contributed by atoms with E-state index in [1.807, 2.05) is 42.7 Å². The van der Waals surface area contributed by atoms with E-state index in [1.165, 1.54) is 11.3 Å². The van der Waals surface area contributed by atoms with E-state index in [0.29, 0.717) is 48.5 Å². The molecule has 3 saturated carbocycles. The largest absolute Gasteiger partial charge is 0.496 e. The Hall–Kier alpha value is -4.04. The molecule has 3 amide bonds. The molecule has 1 unspecified atom stereocenters. The molecule has 3 heterocycles. The van der Waals surface area contributed by atoms with Gasteiger partial charge in [0.25, 0.3) is 5.91 Å². The monoisotopic (exact) mass is 749 g/mol. The number of nitrogens with zero attached hydrogens (tertiary/aromatic N) is 3. The number of methoxy groups -OCH3 is 1. The molecule has 1 aliphatic heterocycles. The van der Waals surface area contributed by atoms with Gasteiger partial charge >= 0.3 is 0 Å². The lowest BCUT2D eigenvalue weighted by Gasteiger charge is -2.26. The van der Waals surface area contributed by atoms with Crippen molar-refractivity contribution in [3.8, 4) is 22.2 Å². The maximum absolute atomic E-state index is 14.3. The summed E-state index contributed by atoms with van der Waals surface area (Å²) in [6.45, 7) is 6.69. The van der Waals surface area contributed by atoms with Gasteiger partial charge in [0.15, 0.2) is 0 Å². The molecule has 2 aromatic heterocycles. The van der Waals surface area contributed by atoms with Gasteiger partial charge in [-0.15, -0.1) is 11.3 Å². The second-order valence-electron chi connectivity index (χ2n) is 15.1. The number of nitrogens with one attached hydrogen (secondary N) is 2. The minimum absolute atomic E-state index is 0.147. The number of pyridine rings is 1. The van der Waals surface area contributed by atoms with Gasteiger partial charge in [-0.25, -0.2) is 18.4 Å². The molecule has 14 heteroatoms. The van der Waals surface area contributed by atoms with Crippen LogP contribution < -0.4 is 19.5 Å². The number of hydrogen-bond acceptors (Lipinski definition) is 10. The SMILES string of the molecule is COc1ccc2c(O[C@H]3CC4C(=O)N(C)CCCC/C=C\[C@@H]5C[C@@]5(C(=O)NS(=O)(=O)C5CC5)NC(=O)[C@@H]4C3)cc(-c3nc(C(C)C)cs3)nc2c1C. The molecule has 5 atom stereocenters. The Morgan fingerprint density at radius 2 is 1.88 bits per heavy atom. The summed E-state index contributed by atoms with van der Waals surface area (Å²) in [6, 6.07) is 5.66. The number of rotatable bonds is 8. The number of benzene rings is 1. The first-order valence-electron chi connectivity index (χ1n) is 18.2. The summed E-state index contributed by atoms with van der Waals surface area (Å²) in [6.07, 6.45) is 7.61. The van der Waals surface area contributed by atoms with Crippen molar-refractivity contribution >= 4 is 50.0 Å². The summed E-state index contributed by atoms with van der Waals surface area (Å²) < 4.78 is 40.2. The van der Waals surface area contributed by atoms with Crippen LogP contribution in [0, 0.1) is 24.7 Å². The fraction of sp³-hybridized carbons (Fsp3) is 0.553. The second-order valence-corrected chi connectivity index (χ2v) is 17.9. The first-order chi connectivity index (χ1) is 24.8. The van der Waals surface area contributed by atoms with Gasteiger partial charge in [-0.05, 0) is 76.3 Å². The molecule has 3 fully saturated rings. The van der Waals surface area contributed by atoms with E-state index in [4.69, 9.17) is 19.4 Å². The molecule has 52 heavy (non-hydrogen) atoms. The van der Waals surface area contributed by atoms with Crippen LogP contribution in [0.5, 0.6) is 11.5 Å². The number of carbonyl (C=O) groups excluding carboxylic acids is 3. The van der Waals surface area contributed by atoms with Crippen LogP contribution in [0.2, 0.25) is 0 Å². The quantitative estimate of drug-likeness (QED) is 0.294. The number of carbonyl (C=O) groups is 3. The van der Waals surface area contributed by atoms with Gasteiger partial charge in [0.05, 0.1) is 35.4 Å². The molecule has 7 rings (SSSR count). The third-order valence-electron chi connectivity index (χ3n) is 11.0. The Morgan fingerprint density at radius 3 is 2.60 bits per heavy atom. The van der Waals surface area contributed by atoms with Gasteiger partial charge in [-0.2, -0.15) is 0 Å². The Morgan fingerprint density at radius 1 is 1.12 bits per heavy atom. The number of ether oxygens (including phenoxy) is 2. The molecule has 4 aliphatic rings. The molecule has 1 aromatic carbocycles. The van der Waals surface area contributed by atoms with E-state index >= 15 is 0 Å². The number of sulfonamides is 1. The summed E-state index contributed by atoms with van der Waals surface area (Å²) in [5.74, 6) is -1.63. The van der Waals surface area contributed by atoms with E-state index in [1.54, 1.807) is 19.1 Å². The number of allylic oxidation sites excluding steroid dienone is 1. The molecule has 0 saturated heterocycles. The molecular weight excluding hydrogens is 703 g/mol. The average Bonchev–Trinajstić information content (AvgIpc) is 3.98. The predicted molar refractivity (Wildman–Crippen MR) is 199 cm³/mol. The van der Waals surface area contributed by atoms with Crippen LogP contribution in [0.25, 0.3) is 21.6 Å². The molecule has 12 nitrogen and oxygen atoms in total. The molecular formula is C38H47N5O7S2. The van der Waals surface area contributed by atoms with Crippen LogP contribution in [-0.2, 0) is 24.4 Å². The summed E-state index contributed by atoms with van der Waals surface area (Å²) >= 11 is 1.51. The molecule has 0 spiro atoms. The minimum Gasteiger partial charge on any atom is -0.496 e. The Bertz CT molecular complexity index is 2040. The van der Waals surface area contributed by atoms with Gasteiger partial charge in [0, 0.05) is 41.9 Å². The Kier molecular flexibility index (Phi) is 9.83. The standard InChI is InChI=1S/C38H47N5O7S2/c1-21(2)30-20-51-35(40-30)29-18-32(26-13-14-31(49-5)22(3)33(26)39-29)50-24-16-27-28(17-24)36(45)43(4)15-9-7-6-8-10-23-19-38(23,41-34(27)44)37(46)42-52(47,48)25-11-12-25/h8,10,13-14,18,20-21,23-25,27-28H,6-7,9,11-12,15-17,19H2,1-5H3,(H,41,44)(H,42,46)/b10-8-/t23-,24-,27-,28?,38-/m1/s1. The van der Waals surface area contributed by atoms with E-state index in [-0.39, 0.29) is 30.6 Å². The predicted octanol–water partition coefficient (Wildman–Crippen LogP) is 5.25. The van der Waals surface area contributed by atoms with Crippen molar-refractivity contribution in [3.05, 3.63) is 47.0 Å². The highest BCUT2D eigenvalue weighted by Gasteiger charge is 2.62. The zero-order chi connectivity index (χ0) is 36.9. The van der Waals surface area contributed by atoms with Crippen LogP contribution in [-0.4, -0.2) is 78.6 Å². The summed E-state index contributed by atoms with van der Waals surface area (Å²) in [7, 11) is -0.445. The molecule has 0 radical (unpaired) electrons. The number of hydrogen-bond donors (Lipinski definition) is 2. The fourth-order valence-electron chi connectivity index (χ4n) is 7.55. The maximum atomic E-state index is 14.3. The minimum atomic E-state index is -3.83. The van der Waals surface area contributed by atoms with Gasteiger partial charge in [-0.3, -0.25) is 19.1 Å². The molecule has 3 aliphatic carbocycles. The smallest absolute Gasteiger partial charge is 0.259 e. The number of thiazole rings is 1. The highest BCUT2D eigenvalue weighted by molar-refractivity contribution is 7.91. The lowest BCUT2D eigenvalue weighted by atomic mass is 9.93. The first kappa shape index (κ1) is 36.3. The van der Waals surface area contributed by atoms with Crippen molar-refractivity contribution in [1.29, 1.82) is 0 Å². The molecule has 0 bridgehead atoms. The number of aryl methyl sites for hydroxylation is 1. The lowest BCUT2D eigenvalue weighted by molar-refractivity contribution is -0.140. The van der Waals surface area contributed by atoms with Gasteiger partial charge in [0.1, 0.15) is 33.8 Å². The van der Waals surface area contributed by atoms with Crippen LogP contribution in [0.15, 0.2) is 35.7 Å². The van der Waals surface area contributed by atoms with Crippen molar-refractivity contribution in [2.45, 2.75) is 94.9 Å². The van der Waals surface area contributed by atoms with E-state index in [9.17, 15) is 22.8 Å². The first-order valence-corrected chi connectivity index (χ1v) is 20.6. The van der Waals surface area contributed by atoms with Gasteiger partial charge in [-0.1, -0.05) is 26.0 Å². The van der Waals surface area contributed by atoms with Crippen molar-refractivity contribution in [3.63, 3.8) is 0 Å². The summed E-state index contributed by atoms with van der Waals surface area (Å²) in [5.41, 5.74) is 1.79. The lowest BCUT2D eigenvalue weighted by Crippen LogP contribution is -2.54. The average molecular weight is 750 g/mol. The Balaban J connectivity index is 1.21. The highest BCUT2D eigenvalue weighted by Crippen LogP contribution is 2.47. The third kappa shape index (κ3) is 7.03. The maximum Gasteiger partial charge on any atom is 0.259 e. The van der Waals surface area contributed by atoms with E-state index in [2.05, 4.69) is 23.9 Å². The topological polar surface area (TPSA) is 157 Å². The molecule has 2 N–H and O–H groups in total. The molecule has 278 valence electrons. The summed E-state index contributed by atoms with van der Waals surface area (Å²) in [5, 5.41) is 5.95. The van der Waals surface area contributed by atoms with Crippen molar-refractivity contribution in [2.75, 3.05) is 20.7 Å². The Labute approximate surface area is 308 Å². The normalized spacial score (nSPS) is 27.4. The highest BCUT2D eigenvalue weighted by atomic mass is 32.2. The van der Waals surface area contributed by atoms with Crippen LogP contribution in [0.1, 0.15) is 82.4 Å². The van der Waals surface area contributed by atoms with Crippen molar-refractivity contribution < 1.29 is 32.3 Å². The number of aromatic nitrogens is 2. The number of fused-ring (bicyclic) bond motifs is 3. The van der Waals surface area contributed by atoms with Crippen molar-refractivity contribution in [1.82, 2.24) is 24.9 Å². The van der Waals surface area contributed by atoms with E-state index < -0.39 is 50.6 Å². The zero-order valence-corrected chi connectivity index (χ0v) is 31.9. The third-order valence-corrected chi connectivity index (χ3v) is 13.7. The van der Waals surface area contributed by atoms with Crippen LogP contribution in [0.4, 0.5) is 0 Å². The summed E-state index contributed by atoms with van der Waals surface area (Å²) in [4.78, 5) is 53.5. The van der Waals surface area contributed by atoms with Gasteiger partial charge in [0.2, 0.25) is 21.8 Å². The van der Waals surface area contributed by atoms with E-state index in [0.717, 1.165) is 40.9 Å². The zero-order valence-electron chi connectivity index (χ0n) is 30.3.